The molecular formula is C12H22N4O2S. The van der Waals surface area contributed by atoms with Crippen molar-refractivity contribution < 1.29 is 8.42 Å². The molecular weight excluding hydrogens is 264 g/mol. The van der Waals surface area contributed by atoms with Gasteiger partial charge in [-0.25, -0.2) is 8.42 Å². The van der Waals surface area contributed by atoms with Crippen LogP contribution in [0.1, 0.15) is 37.6 Å². The molecule has 108 valence electrons. The topological polar surface area (TPSA) is 92.1 Å². The summed E-state index contributed by atoms with van der Waals surface area (Å²) in [6.45, 7) is 5.19. The van der Waals surface area contributed by atoms with E-state index in [9.17, 15) is 8.42 Å². The Bertz CT molecular complexity index is 530. The molecule has 0 saturated carbocycles. The normalized spacial score (nSPS) is 18.9. The molecule has 0 bridgehead atoms. The van der Waals surface area contributed by atoms with Crippen LogP contribution in [0.3, 0.4) is 0 Å². The number of aryl methyl sites for hydroxylation is 1. The van der Waals surface area contributed by atoms with Crippen molar-refractivity contribution in [3.63, 3.8) is 0 Å². The number of rotatable bonds is 4. The van der Waals surface area contributed by atoms with Crippen LogP contribution in [0.4, 0.5) is 0 Å². The number of nitrogens with two attached hydrogens (primary N) is 1. The molecule has 1 saturated heterocycles. The second kappa shape index (κ2) is 5.60. The summed E-state index contributed by atoms with van der Waals surface area (Å²) in [5, 5.41) is 6.69. The summed E-state index contributed by atoms with van der Waals surface area (Å²) in [5.74, 6) is 0.644. The largest absolute Gasteiger partial charge is 0.325 e. The number of aromatic amines is 1. The minimum absolute atomic E-state index is 0.129. The Morgan fingerprint density at radius 3 is 2.58 bits per heavy atom. The Labute approximate surface area is 114 Å². The average Bonchev–Trinajstić information content (AvgIpc) is 2.80. The van der Waals surface area contributed by atoms with Gasteiger partial charge in [-0.3, -0.25) is 5.10 Å². The zero-order valence-electron chi connectivity index (χ0n) is 11.5. The second-order valence-corrected chi connectivity index (χ2v) is 6.96. The summed E-state index contributed by atoms with van der Waals surface area (Å²) in [6.07, 6.45) is 2.99. The van der Waals surface area contributed by atoms with Gasteiger partial charge in [-0.15, -0.1) is 0 Å². The quantitative estimate of drug-likeness (QED) is 0.863. The minimum Gasteiger partial charge on any atom is -0.325 e. The van der Waals surface area contributed by atoms with Crippen molar-refractivity contribution in [2.45, 2.75) is 44.6 Å². The number of nitrogens with one attached hydrogen (secondary N) is 1. The van der Waals surface area contributed by atoms with E-state index >= 15 is 0 Å². The van der Waals surface area contributed by atoms with Gasteiger partial charge in [0.05, 0.1) is 11.4 Å². The highest BCUT2D eigenvalue weighted by atomic mass is 32.2. The summed E-state index contributed by atoms with van der Waals surface area (Å²) in [4.78, 5) is 0.268. The fourth-order valence-electron chi connectivity index (χ4n) is 2.64. The molecule has 6 nitrogen and oxygen atoms in total. The summed E-state index contributed by atoms with van der Waals surface area (Å²) >= 11 is 0. The van der Waals surface area contributed by atoms with Gasteiger partial charge in [-0.1, -0.05) is 13.3 Å². The number of aromatic nitrogens is 2. The van der Waals surface area contributed by atoms with Gasteiger partial charge in [0.1, 0.15) is 4.90 Å². The van der Waals surface area contributed by atoms with Crippen LogP contribution < -0.4 is 5.73 Å². The second-order valence-electron chi connectivity index (χ2n) is 5.08. The first-order valence-electron chi connectivity index (χ1n) is 6.74. The Balaban J connectivity index is 2.26. The highest BCUT2D eigenvalue weighted by molar-refractivity contribution is 7.89. The Hall–Kier alpha value is -0.920. The molecule has 1 aromatic rings. The summed E-state index contributed by atoms with van der Waals surface area (Å²) in [6, 6.07) is 0. The van der Waals surface area contributed by atoms with Crippen LogP contribution in [0.25, 0.3) is 0 Å². The van der Waals surface area contributed by atoms with Gasteiger partial charge in [0.15, 0.2) is 0 Å². The summed E-state index contributed by atoms with van der Waals surface area (Å²) < 4.78 is 26.9. The van der Waals surface area contributed by atoms with Gasteiger partial charge in [0, 0.05) is 19.6 Å². The molecule has 7 heteroatoms. The van der Waals surface area contributed by atoms with Crippen LogP contribution in [0, 0.1) is 12.8 Å². The minimum atomic E-state index is -3.46. The number of nitrogens with zero attached hydrogens (tertiary/aromatic N) is 2. The average molecular weight is 286 g/mol. The lowest BCUT2D eigenvalue weighted by atomic mass is 9.96. The SMILES string of the molecule is CCC1CCN(S(=O)(=O)c2c(CN)n[nH]c2C)CC1. The third-order valence-corrected chi connectivity index (χ3v) is 6.01. The molecule has 0 unspecified atom stereocenters. The predicted molar refractivity (Wildman–Crippen MR) is 73.0 cm³/mol. The molecule has 2 heterocycles. The molecule has 0 aromatic carbocycles. The molecule has 0 aliphatic carbocycles. The fraction of sp³-hybridized carbons (Fsp3) is 0.750. The first kappa shape index (κ1) is 14.5. The molecule has 0 amide bonds. The van der Waals surface area contributed by atoms with Gasteiger partial charge >= 0.3 is 0 Å². The third-order valence-electron chi connectivity index (χ3n) is 3.90. The summed E-state index contributed by atoms with van der Waals surface area (Å²) in [7, 11) is -3.46. The maximum atomic E-state index is 12.7. The first-order chi connectivity index (χ1) is 9.00. The van der Waals surface area contributed by atoms with Crippen molar-refractivity contribution >= 4 is 10.0 Å². The molecule has 1 fully saturated rings. The van der Waals surface area contributed by atoms with E-state index in [0.717, 1.165) is 19.3 Å². The van der Waals surface area contributed by atoms with E-state index in [1.807, 2.05) is 0 Å². The smallest absolute Gasteiger partial charge is 0.246 e. The van der Waals surface area contributed by atoms with Crippen LogP contribution >= 0.6 is 0 Å². The monoisotopic (exact) mass is 286 g/mol. The zero-order valence-corrected chi connectivity index (χ0v) is 12.3. The highest BCUT2D eigenvalue weighted by Gasteiger charge is 2.32. The van der Waals surface area contributed by atoms with Crippen LogP contribution in [0.2, 0.25) is 0 Å². The van der Waals surface area contributed by atoms with E-state index in [1.165, 1.54) is 0 Å². The van der Waals surface area contributed by atoms with Crippen LogP contribution in [0.15, 0.2) is 4.90 Å². The molecule has 1 aliphatic rings. The lowest BCUT2D eigenvalue weighted by Crippen LogP contribution is -2.38. The Kier molecular flexibility index (Phi) is 4.27. The van der Waals surface area contributed by atoms with E-state index in [4.69, 9.17) is 5.73 Å². The van der Waals surface area contributed by atoms with Gasteiger partial charge in [0.25, 0.3) is 0 Å². The number of H-pyrrole nitrogens is 1. The number of hydrogen-bond donors (Lipinski definition) is 2. The standard InChI is InChI=1S/C12H22N4O2S/c1-3-10-4-6-16(7-5-10)19(17,18)12-9(2)14-15-11(12)8-13/h10H,3-8,13H2,1-2H3,(H,14,15). The van der Waals surface area contributed by atoms with Gasteiger partial charge in [-0.2, -0.15) is 9.40 Å². The van der Waals surface area contributed by atoms with E-state index < -0.39 is 10.0 Å². The number of piperidine rings is 1. The molecule has 0 radical (unpaired) electrons. The molecule has 0 spiro atoms. The lowest BCUT2D eigenvalue weighted by molar-refractivity contribution is 0.269. The van der Waals surface area contributed by atoms with Crippen molar-refractivity contribution in [1.29, 1.82) is 0 Å². The number of sulfonamides is 1. The van der Waals surface area contributed by atoms with Crippen molar-refractivity contribution in [3.8, 4) is 0 Å². The maximum absolute atomic E-state index is 12.7. The van der Waals surface area contributed by atoms with E-state index in [1.54, 1.807) is 11.2 Å². The van der Waals surface area contributed by atoms with Crippen LogP contribution in [0.5, 0.6) is 0 Å². The predicted octanol–water partition coefficient (Wildman–Crippen LogP) is 0.988. The number of hydrogen-bond acceptors (Lipinski definition) is 4. The van der Waals surface area contributed by atoms with Crippen molar-refractivity contribution in [2.75, 3.05) is 13.1 Å². The van der Waals surface area contributed by atoms with E-state index in [0.29, 0.717) is 30.4 Å². The fourth-order valence-corrected chi connectivity index (χ4v) is 4.45. The van der Waals surface area contributed by atoms with Gasteiger partial charge in [0.2, 0.25) is 10.0 Å². The van der Waals surface area contributed by atoms with Crippen molar-refractivity contribution in [1.82, 2.24) is 14.5 Å². The Morgan fingerprint density at radius 2 is 2.05 bits per heavy atom. The maximum Gasteiger partial charge on any atom is 0.246 e. The zero-order chi connectivity index (χ0) is 14.0. The van der Waals surface area contributed by atoms with E-state index in [-0.39, 0.29) is 11.4 Å². The molecule has 3 N–H and O–H groups in total. The van der Waals surface area contributed by atoms with Gasteiger partial charge in [-0.05, 0) is 25.7 Å². The highest BCUT2D eigenvalue weighted by Crippen LogP contribution is 2.27. The molecule has 1 aromatic heterocycles. The van der Waals surface area contributed by atoms with E-state index in [2.05, 4.69) is 17.1 Å². The first-order valence-corrected chi connectivity index (χ1v) is 8.18. The molecule has 19 heavy (non-hydrogen) atoms. The molecule has 0 atom stereocenters. The Morgan fingerprint density at radius 1 is 1.42 bits per heavy atom. The molecule has 1 aliphatic heterocycles. The summed E-state index contributed by atoms with van der Waals surface area (Å²) in [5.41, 5.74) is 6.56. The molecule has 2 rings (SSSR count). The van der Waals surface area contributed by atoms with Crippen molar-refractivity contribution in [3.05, 3.63) is 11.4 Å². The van der Waals surface area contributed by atoms with Crippen LogP contribution in [-0.4, -0.2) is 36.0 Å². The lowest BCUT2D eigenvalue weighted by Gasteiger charge is -2.30. The van der Waals surface area contributed by atoms with Crippen molar-refractivity contribution in [2.24, 2.45) is 11.7 Å². The van der Waals surface area contributed by atoms with Gasteiger partial charge < -0.3 is 5.73 Å². The van der Waals surface area contributed by atoms with Crippen LogP contribution in [-0.2, 0) is 16.6 Å². The third kappa shape index (κ3) is 2.68.